The Kier molecular flexibility index (Phi) is 3.56. The highest BCUT2D eigenvalue weighted by molar-refractivity contribution is 5.93. The van der Waals surface area contributed by atoms with Gasteiger partial charge in [0.1, 0.15) is 5.69 Å². The summed E-state index contributed by atoms with van der Waals surface area (Å²) in [6.07, 6.45) is 3.35. The van der Waals surface area contributed by atoms with Crippen molar-refractivity contribution in [2.24, 2.45) is 0 Å². The van der Waals surface area contributed by atoms with Crippen molar-refractivity contribution in [3.05, 3.63) is 59.9 Å². The summed E-state index contributed by atoms with van der Waals surface area (Å²) in [5.74, 6) is -0.0687. The molecule has 0 bridgehead atoms. The monoisotopic (exact) mass is 270 g/mol. The Hall–Kier alpha value is -2.07. The standard InChI is InChI=1S/C16H18N2O2/c19-15(14-7-4-10-17-14)18-16(8-11-20-12-9-16)13-5-2-1-3-6-13/h1-7,10,17H,8-9,11-12H2,(H,18,19). The molecule has 0 saturated carbocycles. The van der Waals surface area contributed by atoms with E-state index >= 15 is 0 Å². The molecule has 1 aromatic carbocycles. The molecule has 0 radical (unpaired) electrons. The average Bonchev–Trinajstić information content (AvgIpc) is 3.03. The summed E-state index contributed by atoms with van der Waals surface area (Å²) in [5.41, 5.74) is 1.40. The number of carbonyl (C=O) groups is 1. The van der Waals surface area contributed by atoms with Crippen LogP contribution in [-0.4, -0.2) is 24.1 Å². The Morgan fingerprint density at radius 3 is 2.50 bits per heavy atom. The van der Waals surface area contributed by atoms with E-state index in [0.29, 0.717) is 18.9 Å². The van der Waals surface area contributed by atoms with Crippen molar-refractivity contribution >= 4 is 5.91 Å². The third-order valence-electron chi connectivity index (χ3n) is 3.87. The van der Waals surface area contributed by atoms with E-state index in [9.17, 15) is 4.79 Å². The number of aromatic amines is 1. The first-order valence-electron chi connectivity index (χ1n) is 6.89. The third kappa shape index (κ3) is 2.47. The van der Waals surface area contributed by atoms with Crippen LogP contribution in [0.1, 0.15) is 28.9 Å². The van der Waals surface area contributed by atoms with Crippen LogP contribution >= 0.6 is 0 Å². The second-order valence-electron chi connectivity index (χ2n) is 5.10. The molecule has 2 aromatic rings. The summed E-state index contributed by atoms with van der Waals surface area (Å²) in [7, 11) is 0. The topological polar surface area (TPSA) is 54.1 Å². The fourth-order valence-corrected chi connectivity index (χ4v) is 2.72. The Bertz CT molecular complexity index is 557. The van der Waals surface area contributed by atoms with Gasteiger partial charge in [-0.1, -0.05) is 30.3 Å². The molecule has 1 aromatic heterocycles. The van der Waals surface area contributed by atoms with Crippen LogP contribution in [0.15, 0.2) is 48.7 Å². The minimum atomic E-state index is -0.332. The minimum absolute atomic E-state index is 0.0687. The number of benzene rings is 1. The van der Waals surface area contributed by atoms with Gasteiger partial charge in [-0.05, 0) is 30.5 Å². The van der Waals surface area contributed by atoms with Gasteiger partial charge in [-0.2, -0.15) is 0 Å². The third-order valence-corrected chi connectivity index (χ3v) is 3.87. The average molecular weight is 270 g/mol. The van der Waals surface area contributed by atoms with Crippen molar-refractivity contribution in [1.29, 1.82) is 0 Å². The van der Waals surface area contributed by atoms with Crippen LogP contribution in [0.2, 0.25) is 0 Å². The quantitative estimate of drug-likeness (QED) is 0.900. The van der Waals surface area contributed by atoms with Crippen LogP contribution < -0.4 is 5.32 Å². The zero-order valence-corrected chi connectivity index (χ0v) is 11.3. The fraction of sp³-hybridized carbons (Fsp3) is 0.312. The molecule has 1 fully saturated rings. The molecule has 0 atom stereocenters. The lowest BCUT2D eigenvalue weighted by Gasteiger charge is -2.38. The van der Waals surface area contributed by atoms with Crippen LogP contribution in [0.5, 0.6) is 0 Å². The van der Waals surface area contributed by atoms with E-state index in [1.807, 2.05) is 24.3 Å². The van der Waals surface area contributed by atoms with Crippen LogP contribution in [-0.2, 0) is 10.3 Å². The maximum absolute atomic E-state index is 12.4. The molecule has 0 unspecified atom stereocenters. The van der Waals surface area contributed by atoms with Gasteiger partial charge in [-0.15, -0.1) is 0 Å². The molecule has 104 valence electrons. The number of H-pyrrole nitrogens is 1. The Balaban J connectivity index is 1.88. The van der Waals surface area contributed by atoms with Crippen molar-refractivity contribution in [3.8, 4) is 0 Å². The minimum Gasteiger partial charge on any atom is -0.381 e. The predicted octanol–water partition coefficient (Wildman–Crippen LogP) is 2.45. The SMILES string of the molecule is O=C(NC1(c2ccccc2)CCOCC1)c1ccc[nH]1. The van der Waals surface area contributed by atoms with Crippen molar-refractivity contribution in [1.82, 2.24) is 10.3 Å². The first kappa shape index (κ1) is 12.9. The highest BCUT2D eigenvalue weighted by Crippen LogP contribution is 2.32. The summed E-state index contributed by atoms with van der Waals surface area (Å²) in [4.78, 5) is 15.3. The summed E-state index contributed by atoms with van der Waals surface area (Å²) in [5, 5.41) is 3.20. The van der Waals surface area contributed by atoms with Gasteiger partial charge in [0, 0.05) is 19.4 Å². The van der Waals surface area contributed by atoms with E-state index in [4.69, 9.17) is 4.74 Å². The number of hydrogen-bond acceptors (Lipinski definition) is 2. The number of ether oxygens (including phenoxy) is 1. The summed E-state index contributed by atoms with van der Waals surface area (Å²) in [6.45, 7) is 1.33. The van der Waals surface area contributed by atoms with E-state index in [1.54, 1.807) is 12.3 Å². The lowest BCUT2D eigenvalue weighted by molar-refractivity contribution is 0.0344. The smallest absolute Gasteiger partial charge is 0.268 e. The van der Waals surface area contributed by atoms with Crippen molar-refractivity contribution in [2.45, 2.75) is 18.4 Å². The van der Waals surface area contributed by atoms with E-state index < -0.39 is 0 Å². The zero-order chi connectivity index (χ0) is 13.8. The second-order valence-corrected chi connectivity index (χ2v) is 5.10. The van der Waals surface area contributed by atoms with Crippen LogP contribution in [0.4, 0.5) is 0 Å². The van der Waals surface area contributed by atoms with Crippen LogP contribution in [0.3, 0.4) is 0 Å². The number of hydrogen-bond donors (Lipinski definition) is 2. The molecule has 3 rings (SSSR count). The van der Waals surface area contributed by atoms with E-state index in [0.717, 1.165) is 18.4 Å². The van der Waals surface area contributed by atoms with Gasteiger partial charge in [0.15, 0.2) is 0 Å². The van der Waals surface area contributed by atoms with E-state index in [-0.39, 0.29) is 11.4 Å². The molecular formula is C16H18N2O2. The first-order chi connectivity index (χ1) is 9.80. The largest absolute Gasteiger partial charge is 0.381 e. The molecule has 0 spiro atoms. The molecule has 2 heterocycles. The normalized spacial score (nSPS) is 17.6. The number of aromatic nitrogens is 1. The van der Waals surface area contributed by atoms with Gasteiger partial charge in [0.05, 0.1) is 5.54 Å². The summed E-state index contributed by atoms with van der Waals surface area (Å²) in [6, 6.07) is 13.8. The Labute approximate surface area is 118 Å². The van der Waals surface area contributed by atoms with Crippen molar-refractivity contribution in [2.75, 3.05) is 13.2 Å². The van der Waals surface area contributed by atoms with Gasteiger partial charge in [-0.25, -0.2) is 0 Å². The van der Waals surface area contributed by atoms with Crippen molar-refractivity contribution < 1.29 is 9.53 Å². The maximum atomic E-state index is 12.4. The fourth-order valence-electron chi connectivity index (χ4n) is 2.72. The molecular weight excluding hydrogens is 252 g/mol. The molecule has 4 nitrogen and oxygen atoms in total. The first-order valence-corrected chi connectivity index (χ1v) is 6.89. The van der Waals surface area contributed by atoms with Crippen LogP contribution in [0, 0.1) is 0 Å². The van der Waals surface area contributed by atoms with E-state index in [1.165, 1.54) is 0 Å². The predicted molar refractivity (Wildman–Crippen MR) is 76.4 cm³/mol. The highest BCUT2D eigenvalue weighted by Gasteiger charge is 2.36. The summed E-state index contributed by atoms with van der Waals surface area (Å²) < 4.78 is 5.46. The molecule has 1 aliphatic rings. The lowest BCUT2D eigenvalue weighted by atomic mass is 9.82. The number of rotatable bonds is 3. The molecule has 0 aliphatic carbocycles. The van der Waals surface area contributed by atoms with Crippen LogP contribution in [0.25, 0.3) is 0 Å². The number of amides is 1. The number of nitrogens with one attached hydrogen (secondary N) is 2. The number of carbonyl (C=O) groups excluding carboxylic acids is 1. The van der Waals surface area contributed by atoms with Crippen molar-refractivity contribution in [3.63, 3.8) is 0 Å². The van der Waals surface area contributed by atoms with Gasteiger partial charge in [0.25, 0.3) is 5.91 Å². The Morgan fingerprint density at radius 2 is 1.85 bits per heavy atom. The van der Waals surface area contributed by atoms with E-state index in [2.05, 4.69) is 22.4 Å². The van der Waals surface area contributed by atoms with Gasteiger partial charge >= 0.3 is 0 Å². The Morgan fingerprint density at radius 1 is 1.10 bits per heavy atom. The molecule has 4 heteroatoms. The van der Waals surface area contributed by atoms with Gasteiger partial charge in [-0.3, -0.25) is 4.79 Å². The van der Waals surface area contributed by atoms with Gasteiger partial charge in [0.2, 0.25) is 0 Å². The molecule has 20 heavy (non-hydrogen) atoms. The molecule has 2 N–H and O–H groups in total. The van der Waals surface area contributed by atoms with Gasteiger partial charge < -0.3 is 15.0 Å². The highest BCUT2D eigenvalue weighted by atomic mass is 16.5. The molecule has 1 saturated heterocycles. The zero-order valence-electron chi connectivity index (χ0n) is 11.3. The maximum Gasteiger partial charge on any atom is 0.268 e. The summed E-state index contributed by atoms with van der Waals surface area (Å²) >= 11 is 0. The molecule has 1 aliphatic heterocycles. The lowest BCUT2D eigenvalue weighted by Crippen LogP contribution is -2.49. The second kappa shape index (κ2) is 5.51. The molecule has 1 amide bonds.